The van der Waals surface area contributed by atoms with Gasteiger partial charge in [-0.25, -0.2) is 13.1 Å². The fraction of sp³-hybridized carbons (Fsp3) is 0.385. The number of aromatic nitrogens is 3. The molecule has 1 aromatic heterocycles. The van der Waals surface area contributed by atoms with Gasteiger partial charge in [-0.15, -0.1) is 5.10 Å². The Morgan fingerprint density at radius 2 is 2.05 bits per heavy atom. The molecule has 0 spiro atoms. The average Bonchev–Trinajstić information content (AvgIpc) is 2.98. The van der Waals surface area contributed by atoms with Crippen molar-refractivity contribution in [2.45, 2.75) is 24.8 Å². The molecule has 0 atom stereocenters. The van der Waals surface area contributed by atoms with Crippen LogP contribution in [0, 0.1) is 0 Å². The molecule has 0 fully saturated rings. The van der Waals surface area contributed by atoms with E-state index in [1.165, 1.54) is 0 Å². The average molecular weight is 309 g/mol. The van der Waals surface area contributed by atoms with Crippen LogP contribution in [0.5, 0.6) is 0 Å². The van der Waals surface area contributed by atoms with Crippen molar-refractivity contribution in [2.75, 3.05) is 18.4 Å². The van der Waals surface area contributed by atoms with Crippen LogP contribution in [0.4, 0.5) is 5.69 Å². The Kier molecular flexibility index (Phi) is 5.29. The Hall–Kier alpha value is -1.93. The van der Waals surface area contributed by atoms with Crippen molar-refractivity contribution >= 4 is 15.7 Å². The van der Waals surface area contributed by atoms with E-state index in [-0.39, 0.29) is 11.4 Å². The molecule has 0 aliphatic rings. The van der Waals surface area contributed by atoms with E-state index < -0.39 is 10.0 Å². The molecule has 0 amide bonds. The van der Waals surface area contributed by atoms with Gasteiger partial charge in [0, 0.05) is 19.3 Å². The van der Waals surface area contributed by atoms with Gasteiger partial charge < -0.3 is 5.32 Å². The molecule has 2 aromatic rings. The second kappa shape index (κ2) is 7.19. The summed E-state index contributed by atoms with van der Waals surface area (Å²) in [4.78, 5) is 0.261. The van der Waals surface area contributed by atoms with Crippen molar-refractivity contribution in [3.63, 3.8) is 0 Å². The first-order valence-electron chi connectivity index (χ1n) is 6.80. The Morgan fingerprint density at radius 3 is 2.76 bits per heavy atom. The van der Waals surface area contributed by atoms with Gasteiger partial charge in [0.25, 0.3) is 0 Å². The third kappa shape index (κ3) is 4.27. The molecule has 7 nitrogen and oxygen atoms in total. The molecular formula is C13H19N5O2S. The molecule has 2 N–H and O–H groups in total. The highest BCUT2D eigenvalue weighted by molar-refractivity contribution is 7.89. The minimum absolute atomic E-state index is 0.258. The number of rotatable bonds is 8. The lowest BCUT2D eigenvalue weighted by Gasteiger charge is -2.12. The molecule has 0 bridgehead atoms. The van der Waals surface area contributed by atoms with Gasteiger partial charge in [-0.05, 0) is 18.6 Å². The predicted octanol–water partition coefficient (Wildman–Crippen LogP) is 1.08. The van der Waals surface area contributed by atoms with E-state index in [4.69, 9.17) is 0 Å². The third-order valence-corrected chi connectivity index (χ3v) is 4.37. The Balaban J connectivity index is 2.04. The molecule has 0 saturated carbocycles. The van der Waals surface area contributed by atoms with Crippen LogP contribution in [-0.2, 0) is 16.6 Å². The maximum atomic E-state index is 12.3. The van der Waals surface area contributed by atoms with Crippen LogP contribution >= 0.6 is 0 Å². The largest absolute Gasteiger partial charge is 0.384 e. The first-order valence-corrected chi connectivity index (χ1v) is 8.28. The number of nitrogens with zero attached hydrogens (tertiary/aromatic N) is 3. The van der Waals surface area contributed by atoms with E-state index >= 15 is 0 Å². The Morgan fingerprint density at radius 1 is 1.24 bits per heavy atom. The van der Waals surface area contributed by atoms with Crippen molar-refractivity contribution in [1.82, 2.24) is 19.7 Å². The highest BCUT2D eigenvalue weighted by Gasteiger charge is 2.17. The minimum atomic E-state index is -3.55. The first-order chi connectivity index (χ1) is 10.1. The second-order valence-corrected chi connectivity index (χ2v) is 6.22. The van der Waals surface area contributed by atoms with Gasteiger partial charge in [-0.1, -0.05) is 24.3 Å². The van der Waals surface area contributed by atoms with Crippen molar-refractivity contribution in [2.24, 2.45) is 0 Å². The predicted molar refractivity (Wildman–Crippen MR) is 80.4 cm³/mol. The monoisotopic (exact) mass is 309 g/mol. The highest BCUT2D eigenvalue weighted by atomic mass is 32.2. The zero-order valence-corrected chi connectivity index (χ0v) is 12.7. The van der Waals surface area contributed by atoms with Crippen LogP contribution in [-0.4, -0.2) is 36.5 Å². The van der Waals surface area contributed by atoms with E-state index in [9.17, 15) is 8.42 Å². The summed E-state index contributed by atoms with van der Waals surface area (Å²) in [5.41, 5.74) is 0.618. The first kappa shape index (κ1) is 15.5. The maximum absolute atomic E-state index is 12.3. The van der Waals surface area contributed by atoms with Crippen LogP contribution in [0.3, 0.4) is 0 Å². The third-order valence-electron chi connectivity index (χ3n) is 2.85. The van der Waals surface area contributed by atoms with E-state index in [1.807, 2.05) is 13.0 Å². The number of hydrogen-bond acceptors (Lipinski definition) is 5. The van der Waals surface area contributed by atoms with Crippen molar-refractivity contribution < 1.29 is 8.42 Å². The van der Waals surface area contributed by atoms with Gasteiger partial charge in [-0.2, -0.15) is 0 Å². The maximum Gasteiger partial charge on any atom is 0.242 e. The topological polar surface area (TPSA) is 88.9 Å². The van der Waals surface area contributed by atoms with E-state index in [0.29, 0.717) is 12.2 Å². The molecule has 8 heteroatoms. The van der Waals surface area contributed by atoms with Crippen LogP contribution in [0.15, 0.2) is 41.6 Å². The standard InChI is InChI=1S/C13H19N5O2S/c1-2-7-14-12-5-3-4-6-13(12)21(19,20)16-9-11-18-10-8-15-17-18/h3-6,8,10,14,16H,2,7,9,11H2,1H3. The number of para-hydroxylation sites is 1. The summed E-state index contributed by atoms with van der Waals surface area (Å²) in [6.07, 6.45) is 4.16. The molecule has 21 heavy (non-hydrogen) atoms. The molecule has 1 heterocycles. The highest BCUT2D eigenvalue weighted by Crippen LogP contribution is 2.20. The fourth-order valence-corrected chi connectivity index (χ4v) is 3.03. The van der Waals surface area contributed by atoms with E-state index in [1.54, 1.807) is 35.3 Å². The molecular weight excluding hydrogens is 290 g/mol. The smallest absolute Gasteiger partial charge is 0.242 e. The van der Waals surface area contributed by atoms with Gasteiger partial charge >= 0.3 is 0 Å². The number of benzene rings is 1. The minimum Gasteiger partial charge on any atom is -0.384 e. The fourth-order valence-electron chi connectivity index (χ4n) is 1.83. The van der Waals surface area contributed by atoms with E-state index in [0.717, 1.165) is 13.0 Å². The summed E-state index contributed by atoms with van der Waals surface area (Å²) in [5, 5.41) is 10.6. The number of nitrogens with one attached hydrogen (secondary N) is 2. The van der Waals surface area contributed by atoms with E-state index in [2.05, 4.69) is 20.4 Å². The summed E-state index contributed by atoms with van der Waals surface area (Å²) in [5.74, 6) is 0. The summed E-state index contributed by atoms with van der Waals surface area (Å²) >= 11 is 0. The SMILES string of the molecule is CCCNc1ccccc1S(=O)(=O)NCCn1ccnn1. The summed E-state index contributed by atoms with van der Waals surface area (Å²) < 4.78 is 28.8. The van der Waals surface area contributed by atoms with Gasteiger partial charge in [0.2, 0.25) is 10.0 Å². The zero-order chi connectivity index (χ0) is 15.1. The number of hydrogen-bond donors (Lipinski definition) is 2. The van der Waals surface area contributed by atoms with Gasteiger partial charge in [0.05, 0.1) is 18.4 Å². The van der Waals surface area contributed by atoms with Crippen molar-refractivity contribution in [3.8, 4) is 0 Å². The lowest BCUT2D eigenvalue weighted by Crippen LogP contribution is -2.28. The van der Waals surface area contributed by atoms with Gasteiger partial charge in [0.15, 0.2) is 0 Å². The lowest BCUT2D eigenvalue weighted by atomic mass is 10.3. The summed E-state index contributed by atoms with van der Waals surface area (Å²) in [6, 6.07) is 6.88. The quantitative estimate of drug-likeness (QED) is 0.761. The molecule has 0 saturated heterocycles. The molecule has 0 unspecified atom stereocenters. The summed E-state index contributed by atoms with van der Waals surface area (Å²) in [7, 11) is -3.55. The molecule has 0 aliphatic carbocycles. The number of sulfonamides is 1. The van der Waals surface area contributed by atoms with Crippen LogP contribution in [0.1, 0.15) is 13.3 Å². The molecule has 2 rings (SSSR count). The Labute approximate surface area is 124 Å². The van der Waals surface area contributed by atoms with Crippen LogP contribution in [0.2, 0.25) is 0 Å². The normalized spacial score (nSPS) is 11.5. The Bertz CT molecular complexity index is 655. The van der Waals surface area contributed by atoms with Crippen molar-refractivity contribution in [1.29, 1.82) is 0 Å². The number of anilines is 1. The van der Waals surface area contributed by atoms with Gasteiger partial charge in [0.1, 0.15) is 4.90 Å². The molecule has 0 radical (unpaired) electrons. The second-order valence-electron chi connectivity index (χ2n) is 4.49. The van der Waals surface area contributed by atoms with Crippen molar-refractivity contribution in [3.05, 3.63) is 36.7 Å². The summed E-state index contributed by atoms with van der Waals surface area (Å²) in [6.45, 7) is 3.45. The van der Waals surface area contributed by atoms with Gasteiger partial charge in [-0.3, -0.25) is 4.68 Å². The molecule has 1 aromatic carbocycles. The van der Waals surface area contributed by atoms with Crippen LogP contribution in [0.25, 0.3) is 0 Å². The molecule has 0 aliphatic heterocycles. The zero-order valence-electron chi connectivity index (χ0n) is 11.9. The van der Waals surface area contributed by atoms with Crippen LogP contribution < -0.4 is 10.0 Å². The molecule has 114 valence electrons. The lowest BCUT2D eigenvalue weighted by molar-refractivity contribution is 0.553.